The number of carbonyl (C=O) groups is 1. The van der Waals surface area contributed by atoms with Gasteiger partial charge in [0.25, 0.3) is 0 Å². The summed E-state index contributed by atoms with van der Waals surface area (Å²) in [5.74, 6) is -0.212. The zero-order chi connectivity index (χ0) is 20.7. The van der Waals surface area contributed by atoms with Gasteiger partial charge >= 0.3 is 5.69 Å². The highest BCUT2D eigenvalue weighted by molar-refractivity contribution is 8.00. The fourth-order valence-corrected chi connectivity index (χ4v) is 4.44. The van der Waals surface area contributed by atoms with Crippen molar-refractivity contribution in [1.29, 1.82) is 0 Å². The first kappa shape index (κ1) is 19.3. The molecule has 2 N–H and O–H groups in total. The highest BCUT2D eigenvalue weighted by atomic mass is 32.2. The number of pyridine rings is 1. The van der Waals surface area contributed by atoms with E-state index in [4.69, 9.17) is 0 Å². The molecule has 1 aromatic carbocycles. The van der Waals surface area contributed by atoms with Crippen LogP contribution in [0.3, 0.4) is 0 Å². The van der Waals surface area contributed by atoms with Gasteiger partial charge in [-0.05, 0) is 48.7 Å². The molecule has 1 amide bonds. The van der Waals surface area contributed by atoms with Gasteiger partial charge in [0.1, 0.15) is 0 Å². The van der Waals surface area contributed by atoms with Crippen LogP contribution in [-0.2, 0) is 11.3 Å². The van der Waals surface area contributed by atoms with Crippen LogP contribution in [-0.4, -0.2) is 30.4 Å². The van der Waals surface area contributed by atoms with E-state index in [1.165, 1.54) is 16.3 Å². The van der Waals surface area contributed by atoms with Crippen molar-refractivity contribution in [2.24, 2.45) is 0 Å². The lowest BCUT2D eigenvalue weighted by atomic mass is 10.1. The predicted octanol–water partition coefficient (Wildman–Crippen LogP) is 3.34. The Bertz CT molecular complexity index is 1130. The van der Waals surface area contributed by atoms with Crippen LogP contribution in [0, 0.1) is 0 Å². The number of thioether (sulfide) groups is 1. The van der Waals surface area contributed by atoms with E-state index in [1.807, 2.05) is 39.0 Å². The Morgan fingerprint density at radius 2 is 1.93 bits per heavy atom. The molecule has 3 aromatic rings. The standard InChI is InChI=1S/C21H22N4O3S/c1-12(2)18-20(27)25(21(28)24(18)11-14-6-8-22-9-7-14)15-4-5-17-16(10-15)23-19(26)13(3)29-17/h4-10,12-13,27H,11H2,1-3H3,(H,23,26). The van der Waals surface area contributed by atoms with Crippen molar-refractivity contribution in [2.75, 3.05) is 5.32 Å². The third kappa shape index (κ3) is 3.44. The number of hydrogen-bond donors (Lipinski definition) is 2. The van der Waals surface area contributed by atoms with E-state index in [-0.39, 0.29) is 28.6 Å². The summed E-state index contributed by atoms with van der Waals surface area (Å²) in [6, 6.07) is 9.08. The molecule has 8 heteroatoms. The smallest absolute Gasteiger partial charge is 0.336 e. The average Bonchev–Trinajstić information content (AvgIpc) is 2.93. The van der Waals surface area contributed by atoms with E-state index in [2.05, 4.69) is 10.3 Å². The SMILES string of the molecule is CC1Sc2ccc(-n3c(O)c(C(C)C)n(Cc4ccncc4)c3=O)cc2NC1=O. The van der Waals surface area contributed by atoms with Gasteiger partial charge in [0.15, 0.2) is 0 Å². The maximum atomic E-state index is 13.3. The lowest BCUT2D eigenvalue weighted by Gasteiger charge is -2.22. The summed E-state index contributed by atoms with van der Waals surface area (Å²) >= 11 is 1.47. The van der Waals surface area contributed by atoms with Crippen LogP contribution in [0.2, 0.25) is 0 Å². The van der Waals surface area contributed by atoms with Crippen LogP contribution in [0.15, 0.2) is 52.4 Å². The van der Waals surface area contributed by atoms with E-state index < -0.39 is 0 Å². The molecule has 0 spiro atoms. The normalized spacial score (nSPS) is 16.0. The second kappa shape index (κ2) is 7.44. The molecule has 7 nitrogen and oxygen atoms in total. The molecule has 1 aliphatic heterocycles. The van der Waals surface area contributed by atoms with Crippen LogP contribution < -0.4 is 11.0 Å². The Morgan fingerprint density at radius 1 is 1.21 bits per heavy atom. The van der Waals surface area contributed by atoms with Gasteiger partial charge < -0.3 is 10.4 Å². The summed E-state index contributed by atoms with van der Waals surface area (Å²) in [5, 5.41) is 13.6. The first-order valence-electron chi connectivity index (χ1n) is 9.42. The maximum Gasteiger partial charge on any atom is 0.336 e. The van der Waals surface area contributed by atoms with Crippen molar-refractivity contribution >= 4 is 23.4 Å². The van der Waals surface area contributed by atoms with Gasteiger partial charge in [0.2, 0.25) is 11.8 Å². The molecule has 0 aliphatic carbocycles. The first-order valence-corrected chi connectivity index (χ1v) is 10.3. The Morgan fingerprint density at radius 3 is 2.62 bits per heavy atom. The van der Waals surface area contributed by atoms with Crippen LogP contribution in [0.4, 0.5) is 5.69 Å². The molecule has 0 saturated heterocycles. The topological polar surface area (TPSA) is 89.2 Å². The summed E-state index contributed by atoms with van der Waals surface area (Å²) in [4.78, 5) is 30.2. The number of rotatable bonds is 4. The molecule has 0 radical (unpaired) electrons. The average molecular weight is 410 g/mol. The zero-order valence-electron chi connectivity index (χ0n) is 16.4. The van der Waals surface area contributed by atoms with Crippen molar-refractivity contribution in [1.82, 2.24) is 14.1 Å². The van der Waals surface area contributed by atoms with Gasteiger partial charge in [-0.15, -0.1) is 11.8 Å². The number of fused-ring (bicyclic) bond motifs is 1. The largest absolute Gasteiger partial charge is 0.493 e. The highest BCUT2D eigenvalue weighted by Gasteiger charge is 2.26. The Hall–Kier alpha value is -3.00. The summed E-state index contributed by atoms with van der Waals surface area (Å²) in [6.45, 7) is 6.06. The lowest BCUT2D eigenvalue weighted by Crippen LogP contribution is -2.27. The maximum absolute atomic E-state index is 13.3. The molecule has 3 heterocycles. The quantitative estimate of drug-likeness (QED) is 0.689. The highest BCUT2D eigenvalue weighted by Crippen LogP contribution is 2.37. The molecule has 0 bridgehead atoms. The summed E-state index contributed by atoms with van der Waals surface area (Å²) in [5.41, 5.74) is 2.32. The van der Waals surface area contributed by atoms with Gasteiger partial charge in [-0.3, -0.25) is 14.3 Å². The van der Waals surface area contributed by atoms with Gasteiger partial charge in [-0.25, -0.2) is 9.36 Å². The Kier molecular flexibility index (Phi) is 4.96. The Balaban J connectivity index is 1.83. The number of aromatic nitrogens is 3. The molecular weight excluding hydrogens is 388 g/mol. The zero-order valence-corrected chi connectivity index (χ0v) is 17.2. The van der Waals surface area contributed by atoms with E-state index in [0.717, 1.165) is 10.5 Å². The van der Waals surface area contributed by atoms with Crippen molar-refractivity contribution < 1.29 is 9.90 Å². The number of imidazole rings is 1. The van der Waals surface area contributed by atoms with Crippen molar-refractivity contribution in [3.05, 3.63) is 64.5 Å². The minimum atomic E-state index is -0.328. The van der Waals surface area contributed by atoms with Crippen molar-refractivity contribution in [2.45, 2.75) is 43.4 Å². The van der Waals surface area contributed by atoms with Gasteiger partial charge in [0, 0.05) is 17.3 Å². The number of hydrogen-bond acceptors (Lipinski definition) is 5. The summed E-state index contributed by atoms with van der Waals surface area (Å²) in [6.07, 6.45) is 3.36. The van der Waals surface area contributed by atoms with Crippen LogP contribution in [0.5, 0.6) is 5.88 Å². The lowest BCUT2D eigenvalue weighted by molar-refractivity contribution is -0.115. The molecule has 1 atom stereocenters. The van der Waals surface area contributed by atoms with E-state index in [9.17, 15) is 14.7 Å². The number of nitrogens with one attached hydrogen (secondary N) is 1. The number of anilines is 1. The number of amides is 1. The molecule has 0 fully saturated rings. The monoisotopic (exact) mass is 410 g/mol. The van der Waals surface area contributed by atoms with E-state index in [1.54, 1.807) is 29.1 Å². The van der Waals surface area contributed by atoms with Crippen molar-refractivity contribution in [3.8, 4) is 11.6 Å². The molecule has 150 valence electrons. The summed E-state index contributed by atoms with van der Waals surface area (Å²) < 4.78 is 2.88. The third-order valence-corrected chi connectivity index (χ3v) is 6.12. The summed E-state index contributed by atoms with van der Waals surface area (Å²) in [7, 11) is 0. The Labute approximate surface area is 172 Å². The fraction of sp³-hybridized carbons (Fsp3) is 0.286. The molecule has 29 heavy (non-hydrogen) atoms. The molecule has 0 saturated carbocycles. The van der Waals surface area contributed by atoms with Crippen molar-refractivity contribution in [3.63, 3.8) is 0 Å². The first-order chi connectivity index (χ1) is 13.9. The molecule has 2 aromatic heterocycles. The fourth-order valence-electron chi connectivity index (χ4n) is 3.51. The number of aromatic hydroxyl groups is 1. The van der Waals surface area contributed by atoms with E-state index >= 15 is 0 Å². The third-order valence-electron chi connectivity index (χ3n) is 4.94. The van der Waals surface area contributed by atoms with Crippen LogP contribution in [0.25, 0.3) is 5.69 Å². The number of carbonyl (C=O) groups excluding carboxylic acids is 1. The predicted molar refractivity (Wildman–Crippen MR) is 113 cm³/mol. The van der Waals surface area contributed by atoms with Crippen LogP contribution in [0.1, 0.15) is 37.9 Å². The molecule has 4 rings (SSSR count). The molecular formula is C21H22N4O3S. The van der Waals surface area contributed by atoms with Gasteiger partial charge in [-0.1, -0.05) is 13.8 Å². The number of nitrogens with zero attached hydrogens (tertiary/aromatic N) is 3. The van der Waals surface area contributed by atoms with Gasteiger partial charge in [-0.2, -0.15) is 0 Å². The second-order valence-corrected chi connectivity index (χ2v) is 8.74. The van der Waals surface area contributed by atoms with Gasteiger partial charge in [0.05, 0.1) is 28.9 Å². The van der Waals surface area contributed by atoms with E-state index in [0.29, 0.717) is 23.6 Å². The van der Waals surface area contributed by atoms with Crippen LogP contribution >= 0.6 is 11.8 Å². The number of benzene rings is 1. The molecule has 1 aliphatic rings. The molecule has 1 unspecified atom stereocenters. The second-order valence-electron chi connectivity index (χ2n) is 7.35. The minimum absolute atomic E-state index is 0.0560. The minimum Gasteiger partial charge on any atom is -0.493 e.